The average Bonchev–Trinajstić information content (AvgIpc) is 3.12. The van der Waals surface area contributed by atoms with Crippen LogP contribution in [-0.2, 0) is 11.2 Å². The summed E-state index contributed by atoms with van der Waals surface area (Å²) in [5, 5.41) is 2.99. The number of amides is 1. The SMILES string of the molecule is O=C(Cc1ccccc1F)NCC(c1ccccc1)N1CCCC1. The van der Waals surface area contributed by atoms with E-state index in [4.69, 9.17) is 0 Å². The fourth-order valence-electron chi connectivity index (χ4n) is 3.27. The van der Waals surface area contributed by atoms with Gasteiger partial charge in [0.05, 0.1) is 12.5 Å². The van der Waals surface area contributed by atoms with Gasteiger partial charge in [-0.15, -0.1) is 0 Å². The van der Waals surface area contributed by atoms with E-state index < -0.39 is 0 Å². The predicted molar refractivity (Wildman–Crippen MR) is 93.1 cm³/mol. The molecular formula is C20H23FN2O. The van der Waals surface area contributed by atoms with E-state index >= 15 is 0 Å². The molecule has 0 radical (unpaired) electrons. The lowest BCUT2D eigenvalue weighted by molar-refractivity contribution is -0.120. The van der Waals surface area contributed by atoms with Gasteiger partial charge in [-0.3, -0.25) is 9.69 Å². The summed E-state index contributed by atoms with van der Waals surface area (Å²) >= 11 is 0. The zero-order valence-corrected chi connectivity index (χ0v) is 13.7. The van der Waals surface area contributed by atoms with E-state index in [-0.39, 0.29) is 24.2 Å². The van der Waals surface area contributed by atoms with E-state index in [0.717, 1.165) is 13.1 Å². The molecule has 0 aromatic heterocycles. The standard InChI is InChI=1S/C20H23FN2O/c21-18-11-5-4-10-17(18)14-20(24)22-15-19(23-12-6-7-13-23)16-8-2-1-3-9-16/h1-5,8-11,19H,6-7,12-15H2,(H,22,24). The van der Waals surface area contributed by atoms with Gasteiger partial charge >= 0.3 is 0 Å². The Morgan fingerprint density at radius 3 is 2.42 bits per heavy atom. The van der Waals surface area contributed by atoms with Crippen molar-refractivity contribution < 1.29 is 9.18 Å². The van der Waals surface area contributed by atoms with Crippen molar-refractivity contribution in [3.8, 4) is 0 Å². The zero-order valence-electron chi connectivity index (χ0n) is 13.7. The van der Waals surface area contributed by atoms with E-state index in [0.29, 0.717) is 12.1 Å². The minimum absolute atomic E-state index is 0.0776. The molecule has 2 aromatic rings. The van der Waals surface area contributed by atoms with Gasteiger partial charge in [-0.05, 0) is 43.1 Å². The van der Waals surface area contributed by atoms with Crippen molar-refractivity contribution in [2.24, 2.45) is 0 Å². The van der Waals surface area contributed by atoms with Crippen molar-refractivity contribution >= 4 is 5.91 Å². The third kappa shape index (κ3) is 4.20. The molecular weight excluding hydrogens is 303 g/mol. The first-order chi connectivity index (χ1) is 11.7. The summed E-state index contributed by atoms with van der Waals surface area (Å²) in [4.78, 5) is 14.6. The topological polar surface area (TPSA) is 32.3 Å². The van der Waals surface area contributed by atoms with Gasteiger partial charge in [-0.25, -0.2) is 4.39 Å². The summed E-state index contributed by atoms with van der Waals surface area (Å²) < 4.78 is 13.7. The van der Waals surface area contributed by atoms with Crippen molar-refractivity contribution in [3.05, 3.63) is 71.5 Å². The third-order valence-electron chi connectivity index (χ3n) is 4.57. The number of rotatable bonds is 6. The van der Waals surface area contributed by atoms with E-state index in [2.05, 4.69) is 22.3 Å². The minimum atomic E-state index is -0.327. The lowest BCUT2D eigenvalue weighted by Crippen LogP contribution is -2.37. The average molecular weight is 326 g/mol. The molecule has 126 valence electrons. The van der Waals surface area contributed by atoms with Gasteiger partial charge < -0.3 is 5.32 Å². The maximum atomic E-state index is 13.7. The fourth-order valence-corrected chi connectivity index (χ4v) is 3.27. The highest BCUT2D eigenvalue weighted by molar-refractivity contribution is 5.78. The second-order valence-electron chi connectivity index (χ2n) is 6.24. The second-order valence-corrected chi connectivity index (χ2v) is 6.24. The van der Waals surface area contributed by atoms with Gasteiger partial charge in [0.1, 0.15) is 5.82 Å². The van der Waals surface area contributed by atoms with Crippen LogP contribution in [-0.4, -0.2) is 30.4 Å². The van der Waals surface area contributed by atoms with Crippen molar-refractivity contribution in [2.45, 2.75) is 25.3 Å². The number of carbonyl (C=O) groups excluding carboxylic acids is 1. The number of hydrogen-bond donors (Lipinski definition) is 1. The van der Waals surface area contributed by atoms with Gasteiger partial charge in [0.15, 0.2) is 0 Å². The lowest BCUT2D eigenvalue weighted by atomic mass is 10.1. The summed E-state index contributed by atoms with van der Waals surface area (Å²) in [6.07, 6.45) is 2.48. The molecule has 4 heteroatoms. The molecule has 0 saturated carbocycles. The maximum Gasteiger partial charge on any atom is 0.224 e. The number of carbonyl (C=O) groups is 1. The normalized spacial score (nSPS) is 16.0. The van der Waals surface area contributed by atoms with Crippen molar-refractivity contribution in [1.82, 2.24) is 10.2 Å². The molecule has 1 fully saturated rings. The first-order valence-corrected chi connectivity index (χ1v) is 8.53. The van der Waals surface area contributed by atoms with E-state index in [1.54, 1.807) is 18.2 Å². The fraction of sp³-hybridized carbons (Fsp3) is 0.350. The highest BCUT2D eigenvalue weighted by atomic mass is 19.1. The molecule has 24 heavy (non-hydrogen) atoms. The first kappa shape index (κ1) is 16.7. The molecule has 1 unspecified atom stereocenters. The Labute approximate surface area is 142 Å². The van der Waals surface area contributed by atoms with Crippen LogP contribution in [0, 0.1) is 5.82 Å². The largest absolute Gasteiger partial charge is 0.354 e. The summed E-state index contributed by atoms with van der Waals surface area (Å²) in [6.45, 7) is 2.67. The van der Waals surface area contributed by atoms with Crippen LogP contribution in [0.1, 0.15) is 30.0 Å². The Hall–Kier alpha value is -2.20. The monoisotopic (exact) mass is 326 g/mol. The van der Waals surface area contributed by atoms with Gasteiger partial charge in [0.2, 0.25) is 5.91 Å². The Morgan fingerprint density at radius 1 is 1.04 bits per heavy atom. The molecule has 0 spiro atoms. The Balaban J connectivity index is 1.63. The van der Waals surface area contributed by atoms with Gasteiger partial charge in [-0.1, -0.05) is 48.5 Å². The van der Waals surface area contributed by atoms with Gasteiger partial charge in [0, 0.05) is 6.54 Å². The molecule has 0 aliphatic carbocycles. The smallest absolute Gasteiger partial charge is 0.224 e. The highest BCUT2D eigenvalue weighted by Crippen LogP contribution is 2.24. The van der Waals surface area contributed by atoms with Crippen LogP contribution in [0.3, 0.4) is 0 Å². The van der Waals surface area contributed by atoms with Crippen LogP contribution in [0.4, 0.5) is 4.39 Å². The number of nitrogens with zero attached hydrogens (tertiary/aromatic N) is 1. The van der Waals surface area contributed by atoms with Crippen LogP contribution >= 0.6 is 0 Å². The number of halogens is 1. The molecule has 1 saturated heterocycles. The minimum Gasteiger partial charge on any atom is -0.354 e. The zero-order chi connectivity index (χ0) is 16.8. The maximum absolute atomic E-state index is 13.7. The van der Waals surface area contributed by atoms with E-state index in [1.165, 1.54) is 24.5 Å². The van der Waals surface area contributed by atoms with Crippen molar-refractivity contribution in [1.29, 1.82) is 0 Å². The Kier molecular flexibility index (Phi) is 5.59. The van der Waals surface area contributed by atoms with Crippen LogP contribution < -0.4 is 5.32 Å². The molecule has 2 aromatic carbocycles. The van der Waals surface area contributed by atoms with Crippen molar-refractivity contribution in [2.75, 3.05) is 19.6 Å². The molecule has 1 aliphatic heterocycles. The van der Waals surface area contributed by atoms with Crippen LogP contribution in [0.25, 0.3) is 0 Å². The number of likely N-dealkylation sites (tertiary alicyclic amines) is 1. The first-order valence-electron chi connectivity index (χ1n) is 8.53. The molecule has 1 aliphatic rings. The Morgan fingerprint density at radius 2 is 1.71 bits per heavy atom. The van der Waals surface area contributed by atoms with Crippen LogP contribution in [0.5, 0.6) is 0 Å². The quantitative estimate of drug-likeness (QED) is 0.883. The van der Waals surface area contributed by atoms with E-state index in [1.807, 2.05) is 18.2 Å². The number of nitrogens with one attached hydrogen (secondary N) is 1. The summed E-state index contributed by atoms with van der Waals surface area (Å²) in [5.41, 5.74) is 1.65. The van der Waals surface area contributed by atoms with E-state index in [9.17, 15) is 9.18 Å². The van der Waals surface area contributed by atoms with Crippen molar-refractivity contribution in [3.63, 3.8) is 0 Å². The summed E-state index contributed by atoms with van der Waals surface area (Å²) in [5.74, 6) is -0.466. The molecule has 1 atom stereocenters. The molecule has 0 bridgehead atoms. The second kappa shape index (κ2) is 8.06. The molecule has 1 amide bonds. The van der Waals surface area contributed by atoms with Crippen LogP contribution in [0.15, 0.2) is 54.6 Å². The highest BCUT2D eigenvalue weighted by Gasteiger charge is 2.23. The molecule has 1 heterocycles. The molecule has 3 nitrogen and oxygen atoms in total. The predicted octanol–water partition coefficient (Wildman–Crippen LogP) is 3.32. The summed E-state index contributed by atoms with van der Waals surface area (Å²) in [6, 6.07) is 16.9. The van der Waals surface area contributed by atoms with Gasteiger partial charge in [-0.2, -0.15) is 0 Å². The summed E-state index contributed by atoms with van der Waals surface area (Å²) in [7, 11) is 0. The number of hydrogen-bond acceptors (Lipinski definition) is 2. The molecule has 3 rings (SSSR count). The van der Waals surface area contributed by atoms with Gasteiger partial charge in [0.25, 0.3) is 0 Å². The molecule has 1 N–H and O–H groups in total. The number of benzene rings is 2. The third-order valence-corrected chi connectivity index (χ3v) is 4.57. The van der Waals surface area contributed by atoms with Crippen LogP contribution in [0.2, 0.25) is 0 Å². The Bertz CT molecular complexity index is 668. The lowest BCUT2D eigenvalue weighted by Gasteiger charge is -2.28.